The molecule has 2 aromatic rings. The van der Waals surface area contributed by atoms with Gasteiger partial charge in [0.25, 0.3) is 0 Å². The maximum atomic E-state index is 4.03. The highest BCUT2D eigenvalue weighted by atomic mass is 79.9. The fourth-order valence-corrected chi connectivity index (χ4v) is 6.56. The van der Waals surface area contributed by atoms with Gasteiger partial charge in [0.05, 0.1) is 0 Å². The predicted molar refractivity (Wildman–Crippen MR) is 118 cm³/mol. The first-order chi connectivity index (χ1) is 10.3. The van der Waals surface area contributed by atoms with Crippen molar-refractivity contribution in [3.8, 4) is 0 Å². The molecule has 0 bridgehead atoms. The van der Waals surface area contributed by atoms with Crippen LogP contribution in [0.1, 0.15) is 11.1 Å². The molecule has 2 aromatic carbocycles. The number of hydrogen-bond acceptors (Lipinski definition) is 0. The maximum Gasteiger partial charge on any atom is 0.130 e. The van der Waals surface area contributed by atoms with Crippen molar-refractivity contribution >= 4 is 95.6 Å². The van der Waals surface area contributed by atoms with Gasteiger partial charge in [-0.2, -0.15) is 0 Å². The average molecular weight is 684 g/mol. The Morgan fingerprint density at radius 3 is 1.32 bits per heavy atom. The summed E-state index contributed by atoms with van der Waals surface area (Å²) in [5.41, 5.74) is 2.28. The summed E-state index contributed by atoms with van der Waals surface area (Å²) in [6.45, 7) is 0. The zero-order chi connectivity index (χ0) is 16.4. The summed E-state index contributed by atoms with van der Waals surface area (Å²) in [6, 6.07) is 20.7. The van der Waals surface area contributed by atoms with Gasteiger partial charge in [0, 0.05) is 5.33 Å². The maximum absolute atomic E-state index is 4.03. The third-order valence-electron chi connectivity index (χ3n) is 3.40. The number of hydrogen-bond donors (Lipinski definition) is 0. The first kappa shape index (κ1) is 19.6. The molecule has 0 amide bonds. The lowest BCUT2D eigenvalue weighted by Crippen LogP contribution is -2.50. The third-order valence-corrected chi connectivity index (χ3v) is 14.7. The minimum atomic E-state index is -0.563. The smallest absolute Gasteiger partial charge is 0.0903 e. The molecule has 0 aromatic heterocycles. The largest absolute Gasteiger partial charge is 0.130 e. The Morgan fingerprint density at radius 1 is 0.636 bits per heavy atom. The molecular formula is C16H12Br6. The highest BCUT2D eigenvalue weighted by molar-refractivity contribution is 9.31. The minimum absolute atomic E-state index is 0.442. The van der Waals surface area contributed by atoms with Crippen LogP contribution < -0.4 is 0 Å². The normalized spacial score (nSPS) is 13.2. The van der Waals surface area contributed by atoms with Crippen molar-refractivity contribution in [1.29, 1.82) is 0 Å². The van der Waals surface area contributed by atoms with Crippen LogP contribution in [0.5, 0.6) is 0 Å². The van der Waals surface area contributed by atoms with Crippen LogP contribution >= 0.6 is 95.6 Å². The molecule has 0 aliphatic heterocycles. The predicted octanol–water partition coefficient (Wildman–Crippen LogP) is 7.69. The second-order valence-electron chi connectivity index (χ2n) is 4.80. The van der Waals surface area contributed by atoms with E-state index in [4.69, 9.17) is 0 Å². The zero-order valence-electron chi connectivity index (χ0n) is 11.2. The van der Waals surface area contributed by atoms with E-state index >= 15 is 0 Å². The van der Waals surface area contributed by atoms with Crippen molar-refractivity contribution in [2.75, 3.05) is 5.33 Å². The number of alkyl halides is 6. The summed E-state index contributed by atoms with van der Waals surface area (Å²) in [6.07, 6.45) is 0. The minimum Gasteiger partial charge on any atom is -0.0903 e. The molecule has 22 heavy (non-hydrogen) atoms. The molecule has 0 spiro atoms. The quantitative estimate of drug-likeness (QED) is 0.284. The Balaban J connectivity index is 2.72. The first-order valence-corrected chi connectivity index (χ1v) is 11.5. The van der Waals surface area contributed by atoms with Crippen molar-refractivity contribution in [3.05, 3.63) is 71.8 Å². The van der Waals surface area contributed by atoms with Crippen LogP contribution in [0.15, 0.2) is 60.7 Å². The molecule has 0 saturated heterocycles. The molecular weight excluding hydrogens is 672 g/mol. The van der Waals surface area contributed by atoms with Crippen molar-refractivity contribution in [1.82, 2.24) is 0 Å². The fourth-order valence-electron chi connectivity index (χ4n) is 2.20. The molecule has 0 heterocycles. The van der Waals surface area contributed by atoms with Crippen LogP contribution in [-0.4, -0.2) is 11.8 Å². The highest BCUT2D eigenvalue weighted by Gasteiger charge is 2.59. The average Bonchev–Trinajstić information content (AvgIpc) is 2.55. The van der Waals surface area contributed by atoms with Gasteiger partial charge in [-0.15, -0.1) is 0 Å². The molecule has 0 atom stereocenters. The molecule has 118 valence electrons. The van der Waals surface area contributed by atoms with Crippen LogP contribution in [0.4, 0.5) is 0 Å². The lowest BCUT2D eigenvalue weighted by Gasteiger charge is -2.46. The summed E-state index contributed by atoms with van der Waals surface area (Å²) in [7, 11) is 0. The topological polar surface area (TPSA) is 0 Å². The molecule has 0 saturated carbocycles. The van der Waals surface area contributed by atoms with Gasteiger partial charge in [0.1, 0.15) is 10.8 Å². The molecule has 0 fully saturated rings. The van der Waals surface area contributed by atoms with Crippen molar-refractivity contribution < 1.29 is 0 Å². The Kier molecular flexibility index (Phi) is 6.87. The van der Waals surface area contributed by atoms with E-state index in [2.05, 4.69) is 120 Å². The zero-order valence-corrected chi connectivity index (χ0v) is 20.8. The second kappa shape index (κ2) is 7.69. The SMILES string of the molecule is BrCC(Br)(Br)C(Br)(Br)C(Br)(c1ccccc1)c1ccccc1. The number of halogens is 6. The van der Waals surface area contributed by atoms with Gasteiger partial charge in [-0.1, -0.05) is 156 Å². The van der Waals surface area contributed by atoms with Crippen LogP contribution in [-0.2, 0) is 4.32 Å². The summed E-state index contributed by atoms with van der Waals surface area (Å²) in [5, 5.41) is 0.684. The molecule has 0 aliphatic carbocycles. The van der Waals surface area contributed by atoms with Crippen molar-refractivity contribution in [2.45, 2.75) is 10.8 Å². The van der Waals surface area contributed by atoms with Crippen LogP contribution in [0.3, 0.4) is 0 Å². The van der Waals surface area contributed by atoms with Gasteiger partial charge in [-0.05, 0) is 11.1 Å². The molecule has 0 radical (unpaired) electrons. The van der Waals surface area contributed by atoms with E-state index in [1.165, 1.54) is 0 Å². The van der Waals surface area contributed by atoms with Gasteiger partial charge >= 0.3 is 0 Å². The molecule has 0 unspecified atom stereocenters. The van der Waals surface area contributed by atoms with Gasteiger partial charge < -0.3 is 0 Å². The van der Waals surface area contributed by atoms with E-state index < -0.39 is 10.8 Å². The van der Waals surface area contributed by atoms with Gasteiger partial charge in [0.2, 0.25) is 0 Å². The lowest BCUT2D eigenvalue weighted by molar-refractivity contribution is 0.658. The van der Waals surface area contributed by atoms with E-state index in [-0.39, 0.29) is 0 Å². The molecule has 6 heteroatoms. The summed E-state index contributed by atoms with van der Waals surface area (Å²) >= 11 is 23.0. The molecule has 0 N–H and O–H groups in total. The Morgan fingerprint density at radius 2 is 1.00 bits per heavy atom. The Hall–Kier alpha value is 1.32. The van der Waals surface area contributed by atoms with Crippen molar-refractivity contribution in [3.63, 3.8) is 0 Å². The van der Waals surface area contributed by atoms with E-state index in [9.17, 15) is 0 Å². The van der Waals surface area contributed by atoms with E-state index in [1.807, 2.05) is 36.4 Å². The number of rotatable bonds is 5. The van der Waals surface area contributed by atoms with Gasteiger partial charge in [0.15, 0.2) is 0 Å². The van der Waals surface area contributed by atoms with Gasteiger partial charge in [-0.3, -0.25) is 0 Å². The third kappa shape index (κ3) is 3.48. The fraction of sp³-hybridized carbons (Fsp3) is 0.250. The van der Waals surface area contributed by atoms with Crippen LogP contribution in [0.25, 0.3) is 0 Å². The van der Waals surface area contributed by atoms with Gasteiger partial charge in [-0.25, -0.2) is 0 Å². The van der Waals surface area contributed by atoms with E-state index in [0.29, 0.717) is 5.33 Å². The first-order valence-electron chi connectivity index (χ1n) is 6.39. The summed E-state index contributed by atoms with van der Waals surface area (Å²) < 4.78 is -1.52. The van der Waals surface area contributed by atoms with E-state index in [0.717, 1.165) is 11.1 Å². The van der Waals surface area contributed by atoms with Crippen LogP contribution in [0, 0.1) is 0 Å². The van der Waals surface area contributed by atoms with Crippen molar-refractivity contribution in [2.24, 2.45) is 0 Å². The highest BCUT2D eigenvalue weighted by Crippen LogP contribution is 2.64. The molecule has 0 aliphatic rings. The Bertz CT molecular complexity index is 570. The molecule has 2 rings (SSSR count). The van der Waals surface area contributed by atoms with Crippen LogP contribution in [0.2, 0.25) is 0 Å². The lowest BCUT2D eigenvalue weighted by atomic mass is 9.87. The standard InChI is InChI=1S/C16H12Br6/c17-11-14(18,19)16(21,22)15(20,12-7-3-1-4-8-12)13-9-5-2-6-10-13/h1-10H,11H2. The number of benzene rings is 2. The van der Waals surface area contributed by atoms with E-state index in [1.54, 1.807) is 0 Å². The Labute approximate surface area is 181 Å². The monoisotopic (exact) mass is 678 g/mol. The molecule has 0 nitrogen and oxygen atoms in total. The summed E-state index contributed by atoms with van der Waals surface area (Å²) in [5.74, 6) is 0. The summed E-state index contributed by atoms with van der Waals surface area (Å²) in [4.78, 5) is 0. The second-order valence-corrected chi connectivity index (χ2v) is 13.8.